The predicted octanol–water partition coefficient (Wildman–Crippen LogP) is 3.10. The van der Waals surface area contributed by atoms with E-state index in [9.17, 15) is 0 Å². The maximum atomic E-state index is 4.47. The van der Waals surface area contributed by atoms with Crippen LogP contribution in [0.25, 0.3) is 0 Å². The van der Waals surface area contributed by atoms with E-state index < -0.39 is 0 Å². The molecule has 3 rings (SSSR count). The molecule has 2 aromatic heterocycles. The number of aromatic nitrogens is 2. The second-order valence-corrected chi connectivity index (χ2v) is 7.62. The lowest BCUT2D eigenvalue weighted by Crippen LogP contribution is -2.49. The van der Waals surface area contributed by atoms with Crippen LogP contribution in [0.15, 0.2) is 35.6 Å². The fourth-order valence-electron chi connectivity index (χ4n) is 3.10. The molecule has 0 radical (unpaired) electrons. The summed E-state index contributed by atoms with van der Waals surface area (Å²) in [6.45, 7) is 5.05. The molecule has 2 N–H and O–H groups in total. The zero-order chi connectivity index (χ0) is 18.2. The summed E-state index contributed by atoms with van der Waals surface area (Å²) in [6.07, 6.45) is 8.02. The second kappa shape index (κ2) is 11.4. The van der Waals surface area contributed by atoms with Gasteiger partial charge in [0.25, 0.3) is 0 Å². The van der Waals surface area contributed by atoms with Gasteiger partial charge in [-0.05, 0) is 31.4 Å². The van der Waals surface area contributed by atoms with E-state index in [-0.39, 0.29) is 24.0 Å². The van der Waals surface area contributed by atoms with Gasteiger partial charge in [-0.25, -0.2) is 9.97 Å². The van der Waals surface area contributed by atoms with E-state index in [4.69, 9.17) is 0 Å². The summed E-state index contributed by atoms with van der Waals surface area (Å²) in [5.41, 5.74) is 0. The van der Waals surface area contributed by atoms with Crippen molar-refractivity contribution in [2.24, 2.45) is 4.99 Å². The average molecular weight is 500 g/mol. The van der Waals surface area contributed by atoms with Crippen LogP contribution in [0.1, 0.15) is 29.7 Å². The van der Waals surface area contributed by atoms with E-state index in [2.05, 4.69) is 43.5 Å². The van der Waals surface area contributed by atoms with E-state index in [0.29, 0.717) is 6.04 Å². The highest BCUT2D eigenvalue weighted by Crippen LogP contribution is 2.17. The number of hydrogen-bond donors (Lipinski definition) is 2. The van der Waals surface area contributed by atoms with Gasteiger partial charge in [0.15, 0.2) is 5.96 Å². The average Bonchev–Trinajstić information content (AvgIpc) is 3.16. The predicted molar refractivity (Wildman–Crippen MR) is 125 cm³/mol. The smallest absolute Gasteiger partial charge is 0.191 e. The molecule has 148 valence electrons. The number of aryl methyl sites for hydroxylation is 1. The number of aliphatic imine (C=N–C) groups is 1. The van der Waals surface area contributed by atoms with Crippen LogP contribution < -0.4 is 15.5 Å². The van der Waals surface area contributed by atoms with Gasteiger partial charge in [-0.3, -0.25) is 4.99 Å². The normalized spacial score (nSPS) is 15.3. The number of hydrogen-bond acceptors (Lipinski definition) is 5. The molecule has 1 fully saturated rings. The van der Waals surface area contributed by atoms with Crippen molar-refractivity contribution in [3.63, 3.8) is 0 Å². The minimum absolute atomic E-state index is 0. The maximum Gasteiger partial charge on any atom is 0.191 e. The summed E-state index contributed by atoms with van der Waals surface area (Å²) in [5.74, 6) is 1.96. The quantitative estimate of drug-likeness (QED) is 0.363. The number of guanidine groups is 1. The summed E-state index contributed by atoms with van der Waals surface area (Å²) >= 11 is 1.80. The monoisotopic (exact) mass is 500 g/mol. The lowest BCUT2D eigenvalue weighted by molar-refractivity contribution is 0.459. The molecule has 0 atom stereocenters. The van der Waals surface area contributed by atoms with Crippen molar-refractivity contribution in [1.29, 1.82) is 0 Å². The third-order valence-electron chi connectivity index (χ3n) is 4.61. The van der Waals surface area contributed by atoms with E-state index >= 15 is 0 Å². The molecule has 1 aliphatic heterocycles. The zero-order valence-corrected chi connectivity index (χ0v) is 19.2. The van der Waals surface area contributed by atoms with Gasteiger partial charge in [-0.2, -0.15) is 0 Å². The molecule has 0 aromatic carbocycles. The molecule has 0 unspecified atom stereocenters. The molecule has 0 amide bonds. The van der Waals surface area contributed by atoms with Crippen LogP contribution in [-0.2, 0) is 12.8 Å². The summed E-state index contributed by atoms with van der Waals surface area (Å²) in [7, 11) is 1.83. The van der Waals surface area contributed by atoms with Crippen LogP contribution in [0.2, 0.25) is 0 Å². The fourth-order valence-corrected chi connectivity index (χ4v) is 3.96. The third kappa shape index (κ3) is 6.60. The Morgan fingerprint density at radius 1 is 1.30 bits per heavy atom. The van der Waals surface area contributed by atoms with Crippen molar-refractivity contribution in [2.75, 3.05) is 31.6 Å². The standard InChI is InChI=1S/C19H28N6S.HI/c1-3-16-14-23-18(26-16)7-11-22-19(20-2)24-15-8-12-25(13-9-15)17-6-4-5-10-21-17;/h4-6,10,14-15H,3,7-9,11-13H2,1-2H3,(H2,20,22,24);1H. The van der Waals surface area contributed by atoms with E-state index in [1.165, 1.54) is 9.88 Å². The molecule has 0 spiro atoms. The number of nitrogens with one attached hydrogen (secondary N) is 2. The Morgan fingerprint density at radius 2 is 2.11 bits per heavy atom. The largest absolute Gasteiger partial charge is 0.356 e. The Labute approximate surface area is 182 Å². The Morgan fingerprint density at radius 3 is 2.74 bits per heavy atom. The number of halogens is 1. The summed E-state index contributed by atoms with van der Waals surface area (Å²) in [6, 6.07) is 6.54. The van der Waals surface area contributed by atoms with Gasteiger partial charge in [0.05, 0.1) is 5.01 Å². The van der Waals surface area contributed by atoms with Crippen molar-refractivity contribution in [3.8, 4) is 0 Å². The van der Waals surface area contributed by atoms with Gasteiger partial charge in [0.1, 0.15) is 5.82 Å². The topological polar surface area (TPSA) is 65.4 Å². The molecule has 3 heterocycles. The SMILES string of the molecule is CCc1cnc(CCNC(=NC)NC2CCN(c3ccccn3)CC2)s1.I. The highest BCUT2D eigenvalue weighted by atomic mass is 127. The summed E-state index contributed by atoms with van der Waals surface area (Å²) in [5, 5.41) is 8.16. The van der Waals surface area contributed by atoms with Crippen LogP contribution >= 0.6 is 35.3 Å². The van der Waals surface area contributed by atoms with Crippen LogP contribution in [0.3, 0.4) is 0 Å². The maximum absolute atomic E-state index is 4.47. The van der Waals surface area contributed by atoms with Crippen molar-refractivity contribution in [2.45, 2.75) is 38.6 Å². The molecule has 8 heteroatoms. The molecule has 0 bridgehead atoms. The van der Waals surface area contributed by atoms with Gasteiger partial charge < -0.3 is 15.5 Å². The highest BCUT2D eigenvalue weighted by molar-refractivity contribution is 14.0. The number of thiazole rings is 1. The van der Waals surface area contributed by atoms with E-state index in [1.807, 2.05) is 31.6 Å². The lowest BCUT2D eigenvalue weighted by atomic mass is 10.1. The highest BCUT2D eigenvalue weighted by Gasteiger charge is 2.20. The first-order chi connectivity index (χ1) is 12.8. The third-order valence-corrected chi connectivity index (χ3v) is 5.82. The second-order valence-electron chi connectivity index (χ2n) is 6.42. The van der Waals surface area contributed by atoms with Crippen LogP contribution in [0.4, 0.5) is 5.82 Å². The lowest BCUT2D eigenvalue weighted by Gasteiger charge is -2.33. The van der Waals surface area contributed by atoms with Crippen LogP contribution in [0, 0.1) is 0 Å². The Hall–Kier alpha value is -1.42. The van der Waals surface area contributed by atoms with Crippen molar-refractivity contribution < 1.29 is 0 Å². The Balaban J connectivity index is 0.00000261. The van der Waals surface area contributed by atoms with Gasteiger partial charge in [-0.1, -0.05) is 13.0 Å². The number of anilines is 1. The fraction of sp³-hybridized carbons (Fsp3) is 0.526. The van der Waals surface area contributed by atoms with Gasteiger partial charge >= 0.3 is 0 Å². The molecule has 6 nitrogen and oxygen atoms in total. The van der Waals surface area contributed by atoms with Gasteiger partial charge in [0.2, 0.25) is 0 Å². The minimum Gasteiger partial charge on any atom is -0.356 e. The molecule has 2 aromatic rings. The zero-order valence-electron chi connectivity index (χ0n) is 16.0. The molecule has 0 saturated carbocycles. The first-order valence-corrected chi connectivity index (χ1v) is 10.2. The Kier molecular flexibility index (Phi) is 9.26. The molecular weight excluding hydrogens is 471 g/mol. The first kappa shape index (κ1) is 21.9. The molecular formula is C19H29IN6S. The van der Waals surface area contributed by atoms with Crippen LogP contribution in [-0.4, -0.2) is 48.7 Å². The van der Waals surface area contributed by atoms with Crippen molar-refractivity contribution >= 4 is 47.1 Å². The van der Waals surface area contributed by atoms with Gasteiger partial charge in [-0.15, -0.1) is 35.3 Å². The number of rotatable bonds is 6. The van der Waals surface area contributed by atoms with E-state index in [1.54, 1.807) is 11.3 Å². The van der Waals surface area contributed by atoms with Crippen LogP contribution in [0.5, 0.6) is 0 Å². The molecule has 0 aliphatic carbocycles. The summed E-state index contributed by atoms with van der Waals surface area (Å²) < 4.78 is 0. The number of piperidine rings is 1. The van der Waals surface area contributed by atoms with Crippen molar-refractivity contribution in [3.05, 3.63) is 40.5 Å². The minimum atomic E-state index is 0. The molecule has 1 aliphatic rings. The summed E-state index contributed by atoms with van der Waals surface area (Å²) in [4.78, 5) is 17.0. The number of nitrogens with zero attached hydrogens (tertiary/aromatic N) is 4. The molecule has 1 saturated heterocycles. The number of pyridine rings is 1. The van der Waals surface area contributed by atoms with E-state index in [0.717, 1.165) is 57.1 Å². The van der Waals surface area contributed by atoms with Crippen molar-refractivity contribution in [1.82, 2.24) is 20.6 Å². The Bertz CT molecular complexity index is 697. The van der Waals surface area contributed by atoms with Gasteiger partial charge in [0, 0.05) is 56.4 Å². The molecule has 27 heavy (non-hydrogen) atoms. The first-order valence-electron chi connectivity index (χ1n) is 9.35.